The lowest BCUT2D eigenvalue weighted by Crippen LogP contribution is -2.28. The van der Waals surface area contributed by atoms with Gasteiger partial charge in [0.2, 0.25) is 0 Å². The molecule has 0 bridgehead atoms. The Hall–Kier alpha value is -1.40. The van der Waals surface area contributed by atoms with E-state index in [-0.39, 0.29) is 5.91 Å². The summed E-state index contributed by atoms with van der Waals surface area (Å²) in [5.74, 6) is 0.917. The molecule has 1 aromatic rings. The van der Waals surface area contributed by atoms with Crippen LogP contribution in [0.3, 0.4) is 0 Å². The summed E-state index contributed by atoms with van der Waals surface area (Å²) in [5.41, 5.74) is 0.305. The van der Waals surface area contributed by atoms with Crippen molar-refractivity contribution in [2.24, 2.45) is 5.92 Å². The molecule has 0 saturated carbocycles. The van der Waals surface area contributed by atoms with E-state index in [0.717, 1.165) is 26.1 Å². The number of nitrogens with one attached hydrogen (secondary N) is 1. The summed E-state index contributed by atoms with van der Waals surface area (Å²) in [6, 6.07) is 1.62. The number of hydrogen-bond donors (Lipinski definition) is 1. The number of ether oxygens (including phenoxy) is 2. The minimum atomic E-state index is -0.201. The normalized spacial score (nSPS) is 18.9. The Morgan fingerprint density at radius 2 is 2.50 bits per heavy atom. The molecule has 1 aromatic heterocycles. The van der Waals surface area contributed by atoms with Crippen LogP contribution in [0.4, 0.5) is 0 Å². The summed E-state index contributed by atoms with van der Waals surface area (Å²) in [6.07, 6.45) is 3.23. The van der Waals surface area contributed by atoms with Crippen LogP contribution in [-0.2, 0) is 16.1 Å². The summed E-state index contributed by atoms with van der Waals surface area (Å²) in [7, 11) is 0. The summed E-state index contributed by atoms with van der Waals surface area (Å²) in [6.45, 7) is 5.16. The van der Waals surface area contributed by atoms with Crippen LogP contribution < -0.4 is 5.32 Å². The molecular formula is C14H22N2O4. The number of amides is 1. The fraction of sp³-hybridized carbons (Fsp3) is 0.714. The lowest BCUT2D eigenvalue weighted by molar-refractivity contribution is 0.0514. The van der Waals surface area contributed by atoms with E-state index in [2.05, 4.69) is 10.5 Å². The van der Waals surface area contributed by atoms with Gasteiger partial charge >= 0.3 is 0 Å². The minimum Gasteiger partial charge on any atom is -0.381 e. The Labute approximate surface area is 118 Å². The van der Waals surface area contributed by atoms with Gasteiger partial charge in [0.25, 0.3) is 5.91 Å². The van der Waals surface area contributed by atoms with Crippen molar-refractivity contribution in [1.29, 1.82) is 0 Å². The van der Waals surface area contributed by atoms with E-state index in [4.69, 9.17) is 14.0 Å². The standard InChI is InChI=1S/C14H22N2O4/c1-2-18-10-12-8-13(16-20-12)14(17)15-6-5-11-4-3-7-19-9-11/h8,11H,2-7,9-10H2,1H3,(H,15,17). The van der Waals surface area contributed by atoms with Crippen molar-refractivity contribution >= 4 is 5.91 Å². The predicted molar refractivity (Wildman–Crippen MR) is 72.3 cm³/mol. The number of nitrogens with zero attached hydrogens (tertiary/aromatic N) is 1. The first kappa shape index (κ1) is 15.0. The first-order valence-electron chi connectivity index (χ1n) is 7.19. The highest BCUT2D eigenvalue weighted by Gasteiger charge is 2.15. The summed E-state index contributed by atoms with van der Waals surface area (Å²) in [4.78, 5) is 11.9. The van der Waals surface area contributed by atoms with Gasteiger partial charge in [-0.05, 0) is 32.1 Å². The number of hydrogen-bond acceptors (Lipinski definition) is 5. The van der Waals surface area contributed by atoms with Crippen LogP contribution in [0.15, 0.2) is 10.6 Å². The topological polar surface area (TPSA) is 73.6 Å². The van der Waals surface area contributed by atoms with Crippen LogP contribution in [0.2, 0.25) is 0 Å². The van der Waals surface area contributed by atoms with Gasteiger partial charge in [0.15, 0.2) is 11.5 Å². The quantitative estimate of drug-likeness (QED) is 0.825. The molecule has 1 amide bonds. The van der Waals surface area contributed by atoms with Crippen molar-refractivity contribution in [3.8, 4) is 0 Å². The van der Waals surface area contributed by atoms with Gasteiger partial charge in [0.05, 0.1) is 0 Å². The third-order valence-corrected chi connectivity index (χ3v) is 3.33. The maximum Gasteiger partial charge on any atom is 0.273 e. The van der Waals surface area contributed by atoms with E-state index in [1.165, 1.54) is 6.42 Å². The lowest BCUT2D eigenvalue weighted by Gasteiger charge is -2.21. The third-order valence-electron chi connectivity index (χ3n) is 3.33. The molecule has 0 aliphatic carbocycles. The Morgan fingerprint density at radius 1 is 1.60 bits per heavy atom. The van der Waals surface area contributed by atoms with Crippen LogP contribution in [0.1, 0.15) is 42.4 Å². The lowest BCUT2D eigenvalue weighted by atomic mass is 9.99. The Morgan fingerprint density at radius 3 is 3.25 bits per heavy atom. The SMILES string of the molecule is CCOCc1cc(C(=O)NCCC2CCCOC2)no1. The number of rotatable bonds is 7. The van der Waals surface area contributed by atoms with E-state index >= 15 is 0 Å². The average Bonchev–Trinajstić information content (AvgIpc) is 2.95. The average molecular weight is 282 g/mol. The van der Waals surface area contributed by atoms with Crippen molar-refractivity contribution in [1.82, 2.24) is 10.5 Å². The molecule has 6 nitrogen and oxygen atoms in total. The van der Waals surface area contributed by atoms with Crippen molar-refractivity contribution in [2.75, 3.05) is 26.4 Å². The maximum absolute atomic E-state index is 11.9. The molecule has 0 radical (unpaired) electrons. The summed E-state index contributed by atoms with van der Waals surface area (Å²) >= 11 is 0. The van der Waals surface area contributed by atoms with Gasteiger partial charge in [0.1, 0.15) is 6.61 Å². The second kappa shape index (κ2) is 8.01. The van der Waals surface area contributed by atoms with E-state index in [0.29, 0.717) is 37.1 Å². The van der Waals surface area contributed by atoms with Gasteiger partial charge in [0, 0.05) is 32.4 Å². The maximum atomic E-state index is 11.9. The van der Waals surface area contributed by atoms with Crippen molar-refractivity contribution in [3.05, 3.63) is 17.5 Å². The molecule has 2 heterocycles. The fourth-order valence-corrected chi connectivity index (χ4v) is 2.21. The van der Waals surface area contributed by atoms with E-state index in [9.17, 15) is 4.79 Å². The molecule has 2 rings (SSSR count). The highest BCUT2D eigenvalue weighted by atomic mass is 16.5. The second-order valence-corrected chi connectivity index (χ2v) is 4.94. The smallest absolute Gasteiger partial charge is 0.273 e. The summed E-state index contributed by atoms with van der Waals surface area (Å²) in [5, 5.41) is 6.60. The summed E-state index contributed by atoms with van der Waals surface area (Å²) < 4.78 is 15.6. The Kier molecular flexibility index (Phi) is 6.01. The third kappa shape index (κ3) is 4.61. The molecule has 1 atom stereocenters. The Balaban J connectivity index is 1.69. The highest BCUT2D eigenvalue weighted by Crippen LogP contribution is 2.16. The molecule has 1 fully saturated rings. The number of aromatic nitrogens is 1. The van der Waals surface area contributed by atoms with Crippen LogP contribution in [0.5, 0.6) is 0 Å². The first-order valence-corrected chi connectivity index (χ1v) is 7.19. The molecule has 1 saturated heterocycles. The predicted octanol–water partition coefficient (Wildman–Crippen LogP) is 1.76. The zero-order valence-electron chi connectivity index (χ0n) is 11.9. The molecule has 1 N–H and O–H groups in total. The van der Waals surface area contributed by atoms with E-state index < -0.39 is 0 Å². The Bertz CT molecular complexity index is 413. The van der Waals surface area contributed by atoms with Crippen molar-refractivity contribution in [3.63, 3.8) is 0 Å². The van der Waals surface area contributed by atoms with Crippen LogP contribution in [-0.4, -0.2) is 37.4 Å². The van der Waals surface area contributed by atoms with Crippen LogP contribution in [0, 0.1) is 5.92 Å². The molecule has 112 valence electrons. The van der Waals surface area contributed by atoms with E-state index in [1.807, 2.05) is 6.92 Å². The molecule has 1 aliphatic heterocycles. The monoisotopic (exact) mass is 282 g/mol. The first-order chi connectivity index (χ1) is 9.79. The van der Waals surface area contributed by atoms with Gasteiger partial charge in [-0.2, -0.15) is 0 Å². The molecule has 0 spiro atoms. The van der Waals surface area contributed by atoms with E-state index in [1.54, 1.807) is 6.07 Å². The fourth-order valence-electron chi connectivity index (χ4n) is 2.21. The van der Waals surface area contributed by atoms with Gasteiger partial charge in [-0.25, -0.2) is 0 Å². The molecule has 6 heteroatoms. The molecule has 1 unspecified atom stereocenters. The zero-order valence-corrected chi connectivity index (χ0v) is 11.9. The molecular weight excluding hydrogens is 260 g/mol. The van der Waals surface area contributed by atoms with Gasteiger partial charge < -0.3 is 19.3 Å². The largest absolute Gasteiger partial charge is 0.381 e. The molecule has 1 aliphatic rings. The van der Waals surface area contributed by atoms with Crippen LogP contribution in [0.25, 0.3) is 0 Å². The molecule has 0 aromatic carbocycles. The van der Waals surface area contributed by atoms with Crippen LogP contribution >= 0.6 is 0 Å². The highest BCUT2D eigenvalue weighted by molar-refractivity contribution is 5.92. The zero-order chi connectivity index (χ0) is 14.2. The van der Waals surface area contributed by atoms with Gasteiger partial charge in [-0.15, -0.1) is 0 Å². The second-order valence-electron chi connectivity index (χ2n) is 4.94. The van der Waals surface area contributed by atoms with Gasteiger partial charge in [-0.3, -0.25) is 4.79 Å². The van der Waals surface area contributed by atoms with Crippen molar-refractivity contribution < 1.29 is 18.8 Å². The van der Waals surface area contributed by atoms with Gasteiger partial charge in [-0.1, -0.05) is 5.16 Å². The number of carbonyl (C=O) groups is 1. The number of carbonyl (C=O) groups excluding carboxylic acids is 1. The molecule has 20 heavy (non-hydrogen) atoms. The van der Waals surface area contributed by atoms with Crippen molar-refractivity contribution in [2.45, 2.75) is 32.8 Å². The minimum absolute atomic E-state index is 0.201.